The van der Waals surface area contributed by atoms with Gasteiger partial charge in [-0.1, -0.05) is 30.1 Å². The Kier molecular flexibility index (Phi) is 4.54. The standard InChI is InChI=1S/C14H20Cl2N2/c1-3-14(2)10-17-6-7-18(14)9-11-8-12(15)4-5-13(11)16/h4-5,8,17H,3,6-7,9-10H2,1-2H3. The van der Waals surface area contributed by atoms with Crippen LogP contribution in [0.3, 0.4) is 0 Å². The molecule has 0 bridgehead atoms. The summed E-state index contributed by atoms with van der Waals surface area (Å²) in [5.74, 6) is 0. The molecule has 1 aromatic rings. The Morgan fingerprint density at radius 3 is 2.89 bits per heavy atom. The van der Waals surface area contributed by atoms with Crippen molar-refractivity contribution < 1.29 is 0 Å². The quantitative estimate of drug-likeness (QED) is 0.914. The molecule has 2 rings (SSSR count). The molecule has 0 aliphatic carbocycles. The molecule has 0 saturated carbocycles. The maximum Gasteiger partial charge on any atom is 0.0452 e. The fourth-order valence-corrected chi connectivity index (χ4v) is 2.81. The van der Waals surface area contributed by atoms with Crippen LogP contribution in [0.15, 0.2) is 18.2 Å². The number of nitrogens with one attached hydrogen (secondary N) is 1. The van der Waals surface area contributed by atoms with Crippen LogP contribution >= 0.6 is 23.2 Å². The molecule has 1 saturated heterocycles. The second-order valence-electron chi connectivity index (χ2n) is 5.18. The lowest BCUT2D eigenvalue weighted by Gasteiger charge is -2.45. The topological polar surface area (TPSA) is 15.3 Å². The fraction of sp³-hybridized carbons (Fsp3) is 0.571. The van der Waals surface area contributed by atoms with Gasteiger partial charge in [-0.2, -0.15) is 0 Å². The van der Waals surface area contributed by atoms with E-state index in [-0.39, 0.29) is 5.54 Å². The minimum absolute atomic E-state index is 0.198. The van der Waals surface area contributed by atoms with Gasteiger partial charge in [0.1, 0.15) is 0 Å². The molecule has 1 aliphatic rings. The van der Waals surface area contributed by atoms with Crippen molar-refractivity contribution in [2.45, 2.75) is 32.4 Å². The van der Waals surface area contributed by atoms with Gasteiger partial charge in [-0.25, -0.2) is 0 Å². The van der Waals surface area contributed by atoms with Crippen molar-refractivity contribution in [2.24, 2.45) is 0 Å². The lowest BCUT2D eigenvalue weighted by molar-refractivity contribution is 0.0638. The predicted octanol–water partition coefficient (Wildman–Crippen LogP) is 3.57. The third-order valence-electron chi connectivity index (χ3n) is 3.96. The molecule has 1 unspecified atom stereocenters. The molecule has 100 valence electrons. The third-order valence-corrected chi connectivity index (χ3v) is 4.56. The highest BCUT2D eigenvalue weighted by molar-refractivity contribution is 6.33. The van der Waals surface area contributed by atoms with Crippen LogP contribution in [0.4, 0.5) is 0 Å². The normalized spacial score (nSPS) is 25.3. The van der Waals surface area contributed by atoms with Gasteiger partial charge in [0.25, 0.3) is 0 Å². The summed E-state index contributed by atoms with van der Waals surface area (Å²) < 4.78 is 0. The van der Waals surface area contributed by atoms with Gasteiger partial charge in [-0.15, -0.1) is 0 Å². The van der Waals surface area contributed by atoms with Crippen LogP contribution in [0, 0.1) is 0 Å². The van der Waals surface area contributed by atoms with Crippen LogP contribution in [0.2, 0.25) is 10.0 Å². The highest BCUT2D eigenvalue weighted by Gasteiger charge is 2.32. The van der Waals surface area contributed by atoms with Crippen molar-refractivity contribution in [2.75, 3.05) is 19.6 Å². The van der Waals surface area contributed by atoms with E-state index in [1.54, 1.807) is 0 Å². The molecule has 0 aromatic heterocycles. The zero-order chi connectivity index (χ0) is 13.2. The number of hydrogen-bond donors (Lipinski definition) is 1. The lowest BCUT2D eigenvalue weighted by Crippen LogP contribution is -2.58. The number of nitrogens with zero attached hydrogens (tertiary/aromatic N) is 1. The molecule has 0 radical (unpaired) electrons. The zero-order valence-corrected chi connectivity index (χ0v) is 12.5. The smallest absolute Gasteiger partial charge is 0.0452 e. The van der Waals surface area contributed by atoms with Crippen molar-refractivity contribution >= 4 is 23.2 Å². The molecule has 1 fully saturated rings. The van der Waals surface area contributed by atoms with Crippen LogP contribution in [0.5, 0.6) is 0 Å². The first kappa shape index (κ1) is 14.1. The molecule has 1 N–H and O–H groups in total. The molecule has 1 aliphatic heterocycles. The molecule has 4 heteroatoms. The minimum atomic E-state index is 0.198. The van der Waals surface area contributed by atoms with E-state index in [1.165, 1.54) is 0 Å². The van der Waals surface area contributed by atoms with Gasteiger partial charge in [-0.3, -0.25) is 4.90 Å². The van der Waals surface area contributed by atoms with Gasteiger partial charge in [-0.05, 0) is 37.1 Å². The van der Waals surface area contributed by atoms with Gasteiger partial charge in [0, 0.05) is 41.8 Å². The van der Waals surface area contributed by atoms with Gasteiger partial charge in [0.05, 0.1) is 0 Å². The Balaban J connectivity index is 2.18. The Morgan fingerprint density at radius 2 is 2.17 bits per heavy atom. The van der Waals surface area contributed by atoms with E-state index in [1.807, 2.05) is 18.2 Å². The predicted molar refractivity (Wildman–Crippen MR) is 78.4 cm³/mol. The van der Waals surface area contributed by atoms with Crippen molar-refractivity contribution in [1.29, 1.82) is 0 Å². The van der Waals surface area contributed by atoms with Crippen molar-refractivity contribution in [1.82, 2.24) is 10.2 Å². The zero-order valence-electron chi connectivity index (χ0n) is 11.0. The molecule has 0 amide bonds. The highest BCUT2D eigenvalue weighted by atomic mass is 35.5. The Labute approximate surface area is 119 Å². The lowest BCUT2D eigenvalue weighted by atomic mass is 9.93. The van der Waals surface area contributed by atoms with Crippen molar-refractivity contribution in [3.8, 4) is 0 Å². The summed E-state index contributed by atoms with van der Waals surface area (Å²) in [4.78, 5) is 2.50. The summed E-state index contributed by atoms with van der Waals surface area (Å²) in [5.41, 5.74) is 1.31. The van der Waals surface area contributed by atoms with Crippen molar-refractivity contribution in [3.63, 3.8) is 0 Å². The average Bonchev–Trinajstić information content (AvgIpc) is 2.36. The number of benzene rings is 1. The first-order valence-corrected chi connectivity index (χ1v) is 7.20. The molecule has 1 aromatic carbocycles. The van der Waals surface area contributed by atoms with Crippen LogP contribution in [0.25, 0.3) is 0 Å². The summed E-state index contributed by atoms with van der Waals surface area (Å²) in [6.07, 6.45) is 1.12. The maximum absolute atomic E-state index is 6.25. The molecule has 1 atom stereocenters. The molecule has 0 spiro atoms. The van der Waals surface area contributed by atoms with Crippen LogP contribution < -0.4 is 5.32 Å². The summed E-state index contributed by atoms with van der Waals surface area (Å²) in [7, 11) is 0. The second kappa shape index (κ2) is 5.79. The number of rotatable bonds is 3. The van der Waals surface area contributed by atoms with E-state index >= 15 is 0 Å². The monoisotopic (exact) mass is 286 g/mol. The second-order valence-corrected chi connectivity index (χ2v) is 6.03. The minimum Gasteiger partial charge on any atom is -0.314 e. The van der Waals surface area contributed by atoms with Gasteiger partial charge in [0.2, 0.25) is 0 Å². The van der Waals surface area contributed by atoms with Crippen LogP contribution in [0.1, 0.15) is 25.8 Å². The van der Waals surface area contributed by atoms with E-state index in [2.05, 4.69) is 24.1 Å². The molecule has 1 heterocycles. The molecular formula is C14H20Cl2N2. The largest absolute Gasteiger partial charge is 0.314 e. The summed E-state index contributed by atoms with van der Waals surface area (Å²) in [5, 5.41) is 5.02. The summed E-state index contributed by atoms with van der Waals surface area (Å²) >= 11 is 12.3. The van der Waals surface area contributed by atoms with Crippen LogP contribution in [-0.4, -0.2) is 30.1 Å². The summed E-state index contributed by atoms with van der Waals surface area (Å²) in [6, 6.07) is 5.69. The number of halogens is 2. The molecule has 18 heavy (non-hydrogen) atoms. The number of piperazine rings is 1. The Bertz CT molecular complexity index is 422. The molecule has 2 nitrogen and oxygen atoms in total. The van der Waals surface area contributed by atoms with E-state index in [9.17, 15) is 0 Å². The van der Waals surface area contributed by atoms with Gasteiger partial charge in [0.15, 0.2) is 0 Å². The van der Waals surface area contributed by atoms with E-state index in [4.69, 9.17) is 23.2 Å². The van der Waals surface area contributed by atoms with E-state index in [0.29, 0.717) is 0 Å². The average molecular weight is 287 g/mol. The molecular weight excluding hydrogens is 267 g/mol. The first-order chi connectivity index (χ1) is 8.55. The van der Waals surface area contributed by atoms with E-state index < -0.39 is 0 Å². The third kappa shape index (κ3) is 3.00. The fourth-order valence-electron chi connectivity index (χ4n) is 2.44. The SMILES string of the molecule is CCC1(C)CNCCN1Cc1cc(Cl)ccc1Cl. The van der Waals surface area contributed by atoms with Gasteiger partial charge >= 0.3 is 0 Å². The van der Waals surface area contributed by atoms with Crippen LogP contribution in [-0.2, 0) is 6.54 Å². The Hall–Kier alpha value is -0.280. The summed E-state index contributed by atoms with van der Waals surface area (Å²) in [6.45, 7) is 8.52. The van der Waals surface area contributed by atoms with Crippen molar-refractivity contribution in [3.05, 3.63) is 33.8 Å². The number of hydrogen-bond acceptors (Lipinski definition) is 2. The highest BCUT2D eigenvalue weighted by Crippen LogP contribution is 2.27. The maximum atomic E-state index is 6.25. The first-order valence-electron chi connectivity index (χ1n) is 6.45. The van der Waals surface area contributed by atoms with E-state index in [0.717, 1.165) is 48.2 Å². The van der Waals surface area contributed by atoms with Gasteiger partial charge < -0.3 is 5.32 Å². The Morgan fingerprint density at radius 1 is 1.39 bits per heavy atom.